The molecule has 1 aromatic rings. The predicted octanol–water partition coefficient (Wildman–Crippen LogP) is 0.963. The Balaban J connectivity index is 1.66. The van der Waals surface area contributed by atoms with Crippen molar-refractivity contribution in [3.63, 3.8) is 0 Å². The first-order valence-corrected chi connectivity index (χ1v) is 6.76. The summed E-state index contributed by atoms with van der Waals surface area (Å²) < 4.78 is 13.1. The highest BCUT2D eigenvalue weighted by Crippen LogP contribution is 2.37. The van der Waals surface area contributed by atoms with Crippen molar-refractivity contribution < 1.29 is 14.0 Å². The van der Waals surface area contributed by atoms with Gasteiger partial charge in [-0.15, -0.1) is 0 Å². The van der Waals surface area contributed by atoms with Gasteiger partial charge in [-0.25, -0.2) is 4.98 Å². The number of hydrogen-bond acceptors (Lipinski definition) is 3. The summed E-state index contributed by atoms with van der Waals surface area (Å²) in [6.07, 6.45) is 3.47. The second kappa shape index (κ2) is 4.85. The van der Waals surface area contributed by atoms with Gasteiger partial charge in [0, 0.05) is 43.9 Å². The van der Waals surface area contributed by atoms with Crippen LogP contribution in [0.15, 0.2) is 18.3 Å². The van der Waals surface area contributed by atoms with Crippen LogP contribution >= 0.6 is 0 Å². The number of piperidine rings is 1. The molecule has 106 valence electrons. The molecule has 1 spiro atoms. The lowest BCUT2D eigenvalue weighted by Crippen LogP contribution is -2.44. The smallest absolute Gasteiger partial charge is 0.254 e. The number of carbonyl (C=O) groups excluding carboxylic acids is 2. The highest BCUT2D eigenvalue weighted by Gasteiger charge is 2.41. The van der Waals surface area contributed by atoms with Crippen molar-refractivity contribution in [2.75, 3.05) is 19.6 Å². The van der Waals surface area contributed by atoms with E-state index in [1.807, 2.05) is 0 Å². The summed E-state index contributed by atoms with van der Waals surface area (Å²) in [5.74, 6) is -0.714. The molecule has 20 heavy (non-hydrogen) atoms. The van der Waals surface area contributed by atoms with Crippen molar-refractivity contribution >= 4 is 11.8 Å². The molecule has 2 saturated heterocycles. The Labute approximate surface area is 116 Å². The summed E-state index contributed by atoms with van der Waals surface area (Å²) in [6.45, 7) is 1.92. The summed E-state index contributed by atoms with van der Waals surface area (Å²) in [7, 11) is 0. The van der Waals surface area contributed by atoms with E-state index in [2.05, 4.69) is 10.3 Å². The molecule has 0 atom stereocenters. The number of amides is 2. The lowest BCUT2D eigenvalue weighted by atomic mass is 9.77. The Morgan fingerprint density at radius 1 is 1.40 bits per heavy atom. The number of pyridine rings is 1. The molecule has 5 nitrogen and oxygen atoms in total. The summed E-state index contributed by atoms with van der Waals surface area (Å²) in [5.41, 5.74) is 0.339. The van der Waals surface area contributed by atoms with Crippen LogP contribution in [-0.4, -0.2) is 41.3 Å². The van der Waals surface area contributed by atoms with Crippen LogP contribution in [0.25, 0.3) is 0 Å². The maximum atomic E-state index is 13.1. The SMILES string of the molecule is O=C1CC2(CCN(C(=O)c3ccnc(F)c3)CC2)CN1. The molecule has 1 N–H and O–H groups in total. The van der Waals surface area contributed by atoms with E-state index in [1.54, 1.807) is 4.90 Å². The molecule has 0 saturated carbocycles. The Morgan fingerprint density at radius 2 is 2.15 bits per heavy atom. The quantitative estimate of drug-likeness (QED) is 0.778. The molecule has 0 aromatic carbocycles. The second-order valence-electron chi connectivity index (χ2n) is 5.61. The predicted molar refractivity (Wildman–Crippen MR) is 69.4 cm³/mol. The van der Waals surface area contributed by atoms with E-state index in [1.165, 1.54) is 12.3 Å². The third-order valence-corrected chi connectivity index (χ3v) is 4.28. The standard InChI is InChI=1S/C14H16FN3O2/c15-11-7-10(1-4-16-11)13(20)18-5-2-14(3-6-18)8-12(19)17-9-14/h1,4,7H,2-3,5-6,8-9H2,(H,17,19). The van der Waals surface area contributed by atoms with E-state index in [0.717, 1.165) is 18.9 Å². The van der Waals surface area contributed by atoms with Gasteiger partial charge in [0.15, 0.2) is 0 Å². The highest BCUT2D eigenvalue weighted by atomic mass is 19.1. The van der Waals surface area contributed by atoms with Gasteiger partial charge in [0.2, 0.25) is 11.9 Å². The van der Waals surface area contributed by atoms with Gasteiger partial charge in [0.1, 0.15) is 0 Å². The third kappa shape index (κ3) is 2.37. The van der Waals surface area contributed by atoms with E-state index < -0.39 is 5.95 Å². The van der Waals surface area contributed by atoms with Crippen molar-refractivity contribution in [1.29, 1.82) is 0 Å². The first-order chi connectivity index (χ1) is 9.58. The van der Waals surface area contributed by atoms with Crippen molar-refractivity contribution in [3.05, 3.63) is 29.8 Å². The van der Waals surface area contributed by atoms with E-state index in [4.69, 9.17) is 0 Å². The first kappa shape index (κ1) is 13.0. The van der Waals surface area contributed by atoms with E-state index in [0.29, 0.717) is 31.6 Å². The first-order valence-electron chi connectivity index (χ1n) is 6.76. The molecular formula is C14H16FN3O2. The van der Waals surface area contributed by atoms with Crippen LogP contribution in [0.2, 0.25) is 0 Å². The number of carbonyl (C=O) groups is 2. The molecule has 0 bridgehead atoms. The van der Waals surface area contributed by atoms with E-state index in [9.17, 15) is 14.0 Å². The number of likely N-dealkylation sites (tertiary alicyclic amines) is 1. The van der Waals surface area contributed by atoms with Gasteiger partial charge in [0.25, 0.3) is 5.91 Å². The summed E-state index contributed by atoms with van der Waals surface area (Å²) in [6, 6.07) is 2.68. The molecule has 0 aliphatic carbocycles. The van der Waals surface area contributed by atoms with Gasteiger partial charge in [-0.2, -0.15) is 4.39 Å². The van der Waals surface area contributed by atoms with Crippen LogP contribution in [0.3, 0.4) is 0 Å². The van der Waals surface area contributed by atoms with Crippen LogP contribution in [0.5, 0.6) is 0 Å². The largest absolute Gasteiger partial charge is 0.356 e. The van der Waals surface area contributed by atoms with Crippen molar-refractivity contribution in [2.24, 2.45) is 5.41 Å². The zero-order chi connectivity index (χ0) is 14.2. The minimum absolute atomic E-state index is 0.0113. The van der Waals surface area contributed by atoms with Crippen LogP contribution in [-0.2, 0) is 4.79 Å². The Bertz CT molecular complexity index is 553. The molecule has 3 rings (SSSR count). The molecule has 2 aliphatic heterocycles. The molecule has 2 aliphatic rings. The number of rotatable bonds is 1. The molecular weight excluding hydrogens is 261 g/mol. The molecule has 0 radical (unpaired) electrons. The van der Waals surface area contributed by atoms with E-state index >= 15 is 0 Å². The molecule has 6 heteroatoms. The number of nitrogens with one attached hydrogen (secondary N) is 1. The second-order valence-corrected chi connectivity index (χ2v) is 5.61. The van der Waals surface area contributed by atoms with E-state index in [-0.39, 0.29) is 17.2 Å². The normalized spacial score (nSPS) is 21.1. The van der Waals surface area contributed by atoms with Crippen molar-refractivity contribution in [3.8, 4) is 0 Å². The molecule has 0 unspecified atom stereocenters. The summed E-state index contributed by atoms with van der Waals surface area (Å²) >= 11 is 0. The monoisotopic (exact) mass is 277 g/mol. The molecule has 3 heterocycles. The number of nitrogens with zero attached hydrogens (tertiary/aromatic N) is 2. The fourth-order valence-corrected chi connectivity index (χ4v) is 3.01. The maximum Gasteiger partial charge on any atom is 0.254 e. The topological polar surface area (TPSA) is 62.3 Å². The van der Waals surface area contributed by atoms with Gasteiger partial charge in [-0.3, -0.25) is 9.59 Å². The maximum absolute atomic E-state index is 13.1. The fraction of sp³-hybridized carbons (Fsp3) is 0.500. The third-order valence-electron chi connectivity index (χ3n) is 4.28. The van der Waals surface area contributed by atoms with Crippen LogP contribution in [0.1, 0.15) is 29.6 Å². The molecule has 1 aromatic heterocycles. The molecule has 2 amide bonds. The van der Waals surface area contributed by atoms with Crippen molar-refractivity contribution in [2.45, 2.75) is 19.3 Å². The zero-order valence-electron chi connectivity index (χ0n) is 11.1. The van der Waals surface area contributed by atoms with Crippen LogP contribution in [0.4, 0.5) is 4.39 Å². The average molecular weight is 277 g/mol. The van der Waals surface area contributed by atoms with Gasteiger partial charge in [-0.05, 0) is 24.3 Å². The summed E-state index contributed by atoms with van der Waals surface area (Å²) in [5, 5.41) is 2.86. The Hall–Kier alpha value is -1.98. The minimum atomic E-state index is -0.644. The van der Waals surface area contributed by atoms with Gasteiger partial charge < -0.3 is 10.2 Å². The minimum Gasteiger partial charge on any atom is -0.356 e. The highest BCUT2D eigenvalue weighted by molar-refractivity contribution is 5.94. The lowest BCUT2D eigenvalue weighted by Gasteiger charge is -2.38. The zero-order valence-corrected chi connectivity index (χ0v) is 11.1. The molecule has 2 fully saturated rings. The van der Waals surface area contributed by atoms with Gasteiger partial charge >= 0.3 is 0 Å². The van der Waals surface area contributed by atoms with Gasteiger partial charge in [0.05, 0.1) is 0 Å². The van der Waals surface area contributed by atoms with Crippen molar-refractivity contribution in [1.82, 2.24) is 15.2 Å². The average Bonchev–Trinajstić information content (AvgIpc) is 2.80. The Morgan fingerprint density at radius 3 is 2.75 bits per heavy atom. The fourth-order valence-electron chi connectivity index (χ4n) is 3.01. The Kier molecular flexibility index (Phi) is 3.16. The summed E-state index contributed by atoms with van der Waals surface area (Å²) in [4.78, 5) is 28.8. The van der Waals surface area contributed by atoms with Crippen LogP contribution in [0, 0.1) is 11.4 Å². The number of hydrogen-bond donors (Lipinski definition) is 1. The van der Waals surface area contributed by atoms with Gasteiger partial charge in [-0.1, -0.05) is 0 Å². The number of halogens is 1. The lowest BCUT2D eigenvalue weighted by molar-refractivity contribution is -0.119. The number of aromatic nitrogens is 1. The van der Waals surface area contributed by atoms with Crippen LogP contribution < -0.4 is 5.32 Å².